The Balaban J connectivity index is 1.09. The number of aliphatic carboxylic acids is 1. The van der Waals surface area contributed by atoms with Crippen LogP contribution in [0.1, 0.15) is 52.1 Å². The number of carbonyl (C=O) groups is 1. The van der Waals surface area contributed by atoms with Crippen LogP contribution in [0.4, 0.5) is 0 Å². The molecule has 1 aliphatic carbocycles. The largest absolute Gasteiger partial charge is 0.481 e. The van der Waals surface area contributed by atoms with E-state index in [1.165, 1.54) is 41.1 Å². The summed E-state index contributed by atoms with van der Waals surface area (Å²) in [6.07, 6.45) is 4.44. The molecule has 0 spiro atoms. The number of carboxylic acid groups (broad SMARTS) is 1. The van der Waals surface area contributed by atoms with Crippen molar-refractivity contribution < 1.29 is 14.3 Å². The fourth-order valence-electron chi connectivity index (χ4n) is 7.32. The average molecular weight is 644 g/mol. The van der Waals surface area contributed by atoms with Gasteiger partial charge < -0.3 is 9.52 Å². The first kappa shape index (κ1) is 30.0. The molecule has 1 N–H and O–H groups in total. The molecule has 3 aromatic carbocycles. The van der Waals surface area contributed by atoms with Gasteiger partial charge in [-0.2, -0.15) is 5.26 Å². The summed E-state index contributed by atoms with van der Waals surface area (Å²) in [6, 6.07) is 18.8. The van der Waals surface area contributed by atoms with Crippen LogP contribution in [0.15, 0.2) is 52.9 Å². The van der Waals surface area contributed by atoms with E-state index in [0.717, 1.165) is 64.8 Å². The number of fused-ring (bicyclic) bond motifs is 2. The van der Waals surface area contributed by atoms with Gasteiger partial charge in [0.1, 0.15) is 16.6 Å². The number of nitrogens with zero attached hydrogens (tertiary/aromatic N) is 5. The van der Waals surface area contributed by atoms with E-state index in [4.69, 9.17) is 14.4 Å². The predicted octanol–water partition coefficient (Wildman–Crippen LogP) is 7.45. The molecule has 1 atom stereocenters. The highest BCUT2D eigenvalue weighted by Gasteiger charge is 2.29. The third-order valence-electron chi connectivity index (χ3n) is 10.1. The lowest BCUT2D eigenvalue weighted by molar-refractivity contribution is -0.141. The molecule has 1 saturated heterocycles. The van der Waals surface area contributed by atoms with E-state index in [0.29, 0.717) is 42.1 Å². The summed E-state index contributed by atoms with van der Waals surface area (Å²) in [6.45, 7) is 9.45. The van der Waals surface area contributed by atoms with E-state index >= 15 is 0 Å². The van der Waals surface area contributed by atoms with Crippen LogP contribution in [0.25, 0.3) is 44.3 Å². The molecule has 8 nitrogen and oxygen atoms in total. The van der Waals surface area contributed by atoms with Crippen LogP contribution in [0.2, 0.25) is 0 Å². The van der Waals surface area contributed by atoms with Crippen molar-refractivity contribution in [1.29, 1.82) is 5.26 Å². The average Bonchev–Trinajstić information content (AvgIpc) is 3.41. The van der Waals surface area contributed by atoms with E-state index < -0.39 is 5.97 Å². The first-order valence-electron chi connectivity index (χ1n) is 16.5. The number of nitriles is 1. The van der Waals surface area contributed by atoms with Crippen molar-refractivity contribution in [2.75, 3.05) is 26.2 Å². The number of benzene rings is 3. The lowest BCUT2D eigenvalue weighted by atomic mass is 9.91. The second-order valence-corrected chi connectivity index (χ2v) is 14.5. The van der Waals surface area contributed by atoms with Gasteiger partial charge in [-0.15, -0.1) is 11.3 Å². The van der Waals surface area contributed by atoms with Gasteiger partial charge in [0.25, 0.3) is 0 Å². The fourth-order valence-corrected chi connectivity index (χ4v) is 8.55. The van der Waals surface area contributed by atoms with Gasteiger partial charge in [0.05, 0.1) is 17.2 Å². The van der Waals surface area contributed by atoms with E-state index in [-0.39, 0.29) is 5.92 Å². The summed E-state index contributed by atoms with van der Waals surface area (Å²) in [5.74, 6) is 0.287. The minimum Gasteiger partial charge on any atom is -0.481 e. The zero-order chi connectivity index (χ0) is 32.2. The summed E-state index contributed by atoms with van der Waals surface area (Å²) < 4.78 is 6.29. The van der Waals surface area contributed by atoms with Gasteiger partial charge in [-0.25, -0.2) is 9.97 Å². The minimum absolute atomic E-state index is 0.345. The molecule has 238 valence electrons. The molecule has 1 unspecified atom stereocenters. The molecular formula is C38H37N5O3S. The van der Waals surface area contributed by atoms with Gasteiger partial charge in [0.2, 0.25) is 5.89 Å². The van der Waals surface area contributed by atoms with Crippen LogP contribution >= 0.6 is 11.3 Å². The van der Waals surface area contributed by atoms with Crippen molar-refractivity contribution >= 4 is 28.4 Å². The number of likely N-dealkylation sites (tertiary alicyclic amines) is 1. The molecule has 47 heavy (non-hydrogen) atoms. The maximum absolute atomic E-state index is 11.4. The summed E-state index contributed by atoms with van der Waals surface area (Å²) in [5, 5.41) is 20.5. The van der Waals surface area contributed by atoms with Crippen molar-refractivity contribution in [1.82, 2.24) is 19.8 Å². The summed E-state index contributed by atoms with van der Waals surface area (Å²) in [4.78, 5) is 27.6. The number of carboxylic acids is 1. The predicted molar refractivity (Wildman–Crippen MR) is 183 cm³/mol. The van der Waals surface area contributed by atoms with Crippen LogP contribution < -0.4 is 0 Å². The highest BCUT2D eigenvalue weighted by Crippen LogP contribution is 2.40. The lowest BCUT2D eigenvalue weighted by Gasteiger charge is -2.25. The quantitative estimate of drug-likeness (QED) is 0.186. The van der Waals surface area contributed by atoms with Crippen LogP contribution in [0.5, 0.6) is 0 Å². The maximum atomic E-state index is 11.4. The molecule has 3 aliphatic rings. The molecule has 4 heterocycles. The Hall–Kier alpha value is -4.36. The maximum Gasteiger partial charge on any atom is 0.307 e. The SMILES string of the molecule is Cc1c(-c2nc3cc(CN4CCC(C(=O)O)C4)cc(C#N)c3o2)cccc1-c1cccc(-c2nc3c(s2)CN(CC2CC2)CC3)c1C. The second-order valence-electron chi connectivity index (χ2n) is 13.5. The van der Waals surface area contributed by atoms with Crippen molar-refractivity contribution in [3.05, 3.63) is 81.4 Å². The number of thiazole rings is 1. The molecule has 0 bridgehead atoms. The highest BCUT2D eigenvalue weighted by molar-refractivity contribution is 7.15. The zero-order valence-corrected chi connectivity index (χ0v) is 27.6. The lowest BCUT2D eigenvalue weighted by Crippen LogP contribution is -2.31. The van der Waals surface area contributed by atoms with Gasteiger partial charge in [-0.05, 0) is 91.6 Å². The molecule has 5 aromatic rings. The minimum atomic E-state index is -0.751. The van der Waals surface area contributed by atoms with Gasteiger partial charge in [0.15, 0.2) is 5.58 Å². The van der Waals surface area contributed by atoms with Crippen LogP contribution in [-0.4, -0.2) is 57.0 Å². The Morgan fingerprint density at radius 3 is 2.47 bits per heavy atom. The molecule has 2 fully saturated rings. The molecule has 2 aliphatic heterocycles. The van der Waals surface area contributed by atoms with Crippen molar-refractivity contribution in [2.24, 2.45) is 11.8 Å². The first-order chi connectivity index (χ1) is 22.8. The van der Waals surface area contributed by atoms with E-state index in [1.54, 1.807) is 0 Å². The molecule has 0 amide bonds. The van der Waals surface area contributed by atoms with E-state index in [1.807, 2.05) is 35.6 Å². The summed E-state index contributed by atoms with van der Waals surface area (Å²) in [7, 11) is 0. The van der Waals surface area contributed by atoms with E-state index in [2.05, 4.69) is 54.0 Å². The third kappa shape index (κ3) is 5.75. The Bertz CT molecular complexity index is 2070. The molecule has 8 rings (SSSR count). The molecule has 9 heteroatoms. The number of rotatable bonds is 8. The summed E-state index contributed by atoms with van der Waals surface area (Å²) in [5.41, 5.74) is 10.3. The van der Waals surface area contributed by atoms with Crippen molar-refractivity contribution in [3.8, 4) is 39.2 Å². The van der Waals surface area contributed by atoms with Crippen LogP contribution in [0.3, 0.4) is 0 Å². The third-order valence-corrected chi connectivity index (χ3v) is 11.3. The summed E-state index contributed by atoms with van der Waals surface area (Å²) >= 11 is 1.85. The molecule has 2 aromatic heterocycles. The number of aromatic nitrogens is 2. The van der Waals surface area contributed by atoms with Crippen LogP contribution in [0, 0.1) is 37.0 Å². The Kier molecular flexibility index (Phi) is 7.67. The monoisotopic (exact) mass is 643 g/mol. The van der Waals surface area contributed by atoms with Gasteiger partial charge >= 0.3 is 5.97 Å². The standard InChI is InChI=1S/C38H37N5O3S/c1-22-28(29-6-4-8-31(23(29)2)37-41-32-12-14-43(18-24-9-10-24)21-34(32)47-37)5-3-7-30(22)36-40-33-16-25(15-27(17-39)35(33)46-36)19-42-13-11-26(20-42)38(44)45/h3-8,15-16,24,26H,9-14,18-21H2,1-2H3,(H,44,45). The Labute approximate surface area is 278 Å². The van der Waals surface area contributed by atoms with E-state index in [9.17, 15) is 15.2 Å². The molecular weight excluding hydrogens is 607 g/mol. The smallest absolute Gasteiger partial charge is 0.307 e. The van der Waals surface area contributed by atoms with Gasteiger partial charge in [-0.1, -0.05) is 30.3 Å². The van der Waals surface area contributed by atoms with Gasteiger partial charge in [-0.3, -0.25) is 14.6 Å². The van der Waals surface area contributed by atoms with Crippen molar-refractivity contribution in [2.45, 2.75) is 52.6 Å². The van der Waals surface area contributed by atoms with Crippen molar-refractivity contribution in [3.63, 3.8) is 0 Å². The fraction of sp³-hybridized carbons (Fsp3) is 0.368. The Morgan fingerprint density at radius 2 is 1.74 bits per heavy atom. The molecule has 1 saturated carbocycles. The normalized spacial score (nSPS) is 18.4. The number of hydrogen-bond acceptors (Lipinski definition) is 8. The Morgan fingerprint density at radius 1 is 1.00 bits per heavy atom. The zero-order valence-electron chi connectivity index (χ0n) is 26.8. The number of hydrogen-bond donors (Lipinski definition) is 1. The van der Waals surface area contributed by atoms with Gasteiger partial charge in [0, 0.05) is 55.1 Å². The first-order valence-corrected chi connectivity index (χ1v) is 17.4. The highest BCUT2D eigenvalue weighted by atomic mass is 32.1. The van der Waals surface area contributed by atoms with Crippen LogP contribution in [-0.2, 0) is 24.3 Å². The number of oxazole rings is 1. The topological polar surface area (TPSA) is 106 Å². The second kappa shape index (κ2) is 12.0. The molecule has 0 radical (unpaired) electrons.